The average Bonchev–Trinajstić information content (AvgIpc) is 2.76. The summed E-state index contributed by atoms with van der Waals surface area (Å²) in [6.45, 7) is 6.96. The lowest BCUT2D eigenvalue weighted by Gasteiger charge is -2.32. The normalized spacial score (nSPS) is 11.6. The lowest BCUT2D eigenvalue weighted by atomic mass is 9.87. The van der Waals surface area contributed by atoms with Crippen molar-refractivity contribution in [3.63, 3.8) is 0 Å². The second-order valence-electron chi connectivity index (χ2n) is 8.44. The largest absolute Gasteiger partial charge is 1.00 e. The van der Waals surface area contributed by atoms with Crippen LogP contribution in [0.25, 0.3) is 0 Å². The van der Waals surface area contributed by atoms with Gasteiger partial charge in [-0.1, -0.05) is 93.6 Å². The molecule has 0 amide bonds. The Hall–Kier alpha value is -2.40. The van der Waals surface area contributed by atoms with Crippen LogP contribution in [-0.2, 0) is 5.41 Å². The summed E-state index contributed by atoms with van der Waals surface area (Å²) in [6.07, 6.45) is 0. The van der Waals surface area contributed by atoms with Crippen LogP contribution in [0.2, 0.25) is 0 Å². The molecule has 0 atom stereocenters. The van der Waals surface area contributed by atoms with E-state index in [-0.39, 0.29) is 17.8 Å². The molecular weight excluding hydrogens is 403 g/mol. The van der Waals surface area contributed by atoms with Crippen molar-refractivity contribution in [2.24, 2.45) is 0 Å². The van der Waals surface area contributed by atoms with Gasteiger partial charge in [0.1, 0.15) is 28.5 Å². The van der Waals surface area contributed by atoms with E-state index in [9.17, 15) is 0 Å². The van der Waals surface area contributed by atoms with E-state index in [2.05, 4.69) is 136 Å². The molecule has 4 aromatic carbocycles. The van der Waals surface area contributed by atoms with Gasteiger partial charge in [0.25, 0.3) is 0 Å². The Morgan fingerprint density at radius 1 is 0.467 bits per heavy atom. The number of benzene rings is 4. The minimum atomic E-state index is -2.04. The van der Waals surface area contributed by atoms with Crippen molar-refractivity contribution in [2.75, 3.05) is 0 Å². The Balaban J connectivity index is 0.00000256. The average molecular weight is 431 g/mol. The van der Waals surface area contributed by atoms with Crippen molar-refractivity contribution in [3.8, 4) is 0 Å². The molecule has 0 saturated heterocycles. The third kappa shape index (κ3) is 3.95. The van der Waals surface area contributed by atoms with Crippen LogP contribution in [0.4, 0.5) is 0 Å². The Labute approximate surface area is 187 Å². The first-order valence-electron chi connectivity index (χ1n) is 10.2. The first-order chi connectivity index (χ1) is 14.0. The van der Waals surface area contributed by atoms with Crippen LogP contribution in [0, 0.1) is 0 Å². The Morgan fingerprint density at radius 3 is 1.17 bits per heavy atom. The predicted molar refractivity (Wildman–Crippen MR) is 130 cm³/mol. The molecule has 0 saturated carbocycles. The number of hydrogen-bond acceptors (Lipinski definition) is 0. The molecule has 0 radical (unpaired) electrons. The molecule has 0 spiro atoms. The maximum Gasteiger partial charge on any atom is 0.144 e. The van der Waals surface area contributed by atoms with E-state index >= 15 is 0 Å². The molecule has 0 bridgehead atoms. The van der Waals surface area contributed by atoms with Gasteiger partial charge in [-0.3, -0.25) is 0 Å². The summed E-state index contributed by atoms with van der Waals surface area (Å²) < 4.78 is 0. The highest BCUT2D eigenvalue weighted by atomic mass is 35.5. The van der Waals surface area contributed by atoms with Gasteiger partial charge in [-0.15, -0.1) is 0 Å². The van der Waals surface area contributed by atoms with E-state index in [1.165, 1.54) is 26.8 Å². The lowest BCUT2D eigenvalue weighted by Crippen LogP contribution is -3.00. The summed E-state index contributed by atoms with van der Waals surface area (Å²) in [7, 11) is -2.04. The molecule has 0 aliphatic heterocycles. The SMILES string of the molecule is CC(C)(C)c1ccccc1[P+](c1ccccc1)(c1ccccc1)c1ccccc1.[Cl-]. The van der Waals surface area contributed by atoms with Gasteiger partial charge in [-0.05, 0) is 47.9 Å². The lowest BCUT2D eigenvalue weighted by molar-refractivity contribution is -0.00000606. The van der Waals surface area contributed by atoms with E-state index in [1.807, 2.05) is 0 Å². The molecule has 4 rings (SSSR count). The standard InChI is InChI=1S/C28H28P.ClH/c1-28(2,3)26-21-13-14-22-27(26)29(23-15-7-4-8-16-23,24-17-9-5-10-18-24)25-19-11-6-12-20-25;/h4-22H,1-3H3;1H/q+1;/p-1. The molecule has 0 fully saturated rings. The summed E-state index contributed by atoms with van der Waals surface area (Å²) in [4.78, 5) is 0. The van der Waals surface area contributed by atoms with Crippen LogP contribution < -0.4 is 33.6 Å². The van der Waals surface area contributed by atoms with Crippen LogP contribution in [0.3, 0.4) is 0 Å². The van der Waals surface area contributed by atoms with Crippen molar-refractivity contribution in [1.82, 2.24) is 0 Å². The third-order valence-electron chi connectivity index (χ3n) is 5.50. The quantitative estimate of drug-likeness (QED) is 0.437. The van der Waals surface area contributed by atoms with E-state index in [4.69, 9.17) is 0 Å². The maximum absolute atomic E-state index is 2.36. The Bertz CT molecular complexity index is 971. The van der Waals surface area contributed by atoms with Crippen LogP contribution in [-0.4, -0.2) is 0 Å². The smallest absolute Gasteiger partial charge is 0.144 e. The second kappa shape index (κ2) is 9.17. The number of halogens is 1. The third-order valence-corrected chi connectivity index (χ3v) is 9.83. The molecule has 0 N–H and O–H groups in total. The fraction of sp³-hybridized carbons (Fsp3) is 0.143. The van der Waals surface area contributed by atoms with Gasteiger partial charge in [0.05, 0.1) is 0 Å². The molecule has 0 aromatic heterocycles. The first-order valence-corrected chi connectivity index (χ1v) is 12.0. The topological polar surface area (TPSA) is 0 Å². The first kappa shape index (κ1) is 22.3. The molecule has 30 heavy (non-hydrogen) atoms. The summed E-state index contributed by atoms with van der Waals surface area (Å²) in [5.41, 5.74) is 1.48. The van der Waals surface area contributed by atoms with Gasteiger partial charge in [0.2, 0.25) is 0 Å². The van der Waals surface area contributed by atoms with Gasteiger partial charge in [0, 0.05) is 5.56 Å². The fourth-order valence-corrected chi connectivity index (χ4v) is 8.89. The Kier molecular flexibility index (Phi) is 6.81. The summed E-state index contributed by atoms with van der Waals surface area (Å²) in [5, 5.41) is 5.65. The van der Waals surface area contributed by atoms with Gasteiger partial charge in [-0.2, -0.15) is 0 Å². The zero-order chi connectivity index (χ0) is 20.3. The van der Waals surface area contributed by atoms with E-state index in [0.717, 1.165) is 0 Å². The molecule has 0 nitrogen and oxygen atoms in total. The monoisotopic (exact) mass is 430 g/mol. The predicted octanol–water partition coefficient (Wildman–Crippen LogP) is 2.61. The van der Waals surface area contributed by atoms with Gasteiger partial charge in [0.15, 0.2) is 0 Å². The molecule has 0 heterocycles. The van der Waals surface area contributed by atoms with E-state index in [1.54, 1.807) is 0 Å². The molecule has 152 valence electrons. The van der Waals surface area contributed by atoms with Crippen molar-refractivity contribution < 1.29 is 12.4 Å². The number of rotatable bonds is 4. The van der Waals surface area contributed by atoms with Gasteiger partial charge >= 0.3 is 0 Å². The van der Waals surface area contributed by atoms with E-state index < -0.39 is 7.26 Å². The highest BCUT2D eigenvalue weighted by molar-refractivity contribution is 8.01. The number of hydrogen-bond donors (Lipinski definition) is 0. The second-order valence-corrected chi connectivity index (χ2v) is 11.8. The molecule has 0 unspecified atom stereocenters. The van der Waals surface area contributed by atoms with Gasteiger partial charge < -0.3 is 12.4 Å². The minimum absolute atomic E-state index is 0. The highest BCUT2D eigenvalue weighted by Gasteiger charge is 2.49. The molecule has 0 aliphatic rings. The van der Waals surface area contributed by atoms with Crippen molar-refractivity contribution in [2.45, 2.75) is 26.2 Å². The van der Waals surface area contributed by atoms with Crippen molar-refractivity contribution in [3.05, 3.63) is 121 Å². The van der Waals surface area contributed by atoms with Crippen molar-refractivity contribution in [1.29, 1.82) is 0 Å². The van der Waals surface area contributed by atoms with Crippen LogP contribution in [0.1, 0.15) is 26.3 Å². The van der Waals surface area contributed by atoms with Crippen molar-refractivity contribution >= 4 is 28.5 Å². The fourth-order valence-electron chi connectivity index (χ4n) is 4.22. The van der Waals surface area contributed by atoms with Crippen LogP contribution in [0.15, 0.2) is 115 Å². The molecule has 0 aliphatic carbocycles. The molecular formula is C28H28ClP. The Morgan fingerprint density at radius 2 is 0.800 bits per heavy atom. The molecule has 2 heteroatoms. The van der Waals surface area contributed by atoms with Gasteiger partial charge in [-0.25, -0.2) is 0 Å². The van der Waals surface area contributed by atoms with Crippen LogP contribution >= 0.6 is 7.26 Å². The maximum atomic E-state index is 2.36. The van der Waals surface area contributed by atoms with Crippen LogP contribution in [0.5, 0.6) is 0 Å². The molecule has 4 aromatic rings. The van der Waals surface area contributed by atoms with E-state index in [0.29, 0.717) is 0 Å². The zero-order valence-corrected chi connectivity index (χ0v) is 19.4. The summed E-state index contributed by atoms with van der Waals surface area (Å²) in [6, 6.07) is 42.3. The zero-order valence-electron chi connectivity index (χ0n) is 17.8. The summed E-state index contributed by atoms with van der Waals surface area (Å²) in [5.74, 6) is 0. The minimum Gasteiger partial charge on any atom is -1.00 e. The summed E-state index contributed by atoms with van der Waals surface area (Å²) >= 11 is 0. The highest BCUT2D eigenvalue weighted by Crippen LogP contribution is 2.55.